The minimum atomic E-state index is -1.05. The maximum atomic E-state index is 14.5. The summed E-state index contributed by atoms with van der Waals surface area (Å²) in [6.07, 6.45) is 7.59. The molecule has 0 saturated heterocycles. The Balaban J connectivity index is 2.58. The highest BCUT2D eigenvalue weighted by Gasteiger charge is 2.36. The number of aryl methyl sites for hydroxylation is 2. The Morgan fingerprint density at radius 2 is 1.70 bits per heavy atom. The molecular formula is C34H50ClN3O5S. The summed E-state index contributed by atoms with van der Waals surface area (Å²) in [5.41, 5.74) is 1.63. The maximum absolute atomic E-state index is 14.5. The summed E-state index contributed by atoms with van der Waals surface area (Å²) >= 11 is 8.05. The van der Waals surface area contributed by atoms with Gasteiger partial charge in [0.2, 0.25) is 5.91 Å². The van der Waals surface area contributed by atoms with Gasteiger partial charge in [-0.15, -0.1) is 0 Å². The number of alkyl carbamates (subject to hydrolysis) is 1. The number of thioether (sulfide) groups is 1. The van der Waals surface area contributed by atoms with Crippen LogP contribution in [0.4, 0.5) is 10.5 Å². The Hall–Kier alpha value is -2.91. The Labute approximate surface area is 272 Å². The van der Waals surface area contributed by atoms with Gasteiger partial charge in [-0.05, 0) is 94.4 Å². The van der Waals surface area contributed by atoms with Gasteiger partial charge in [-0.25, -0.2) is 4.79 Å². The van der Waals surface area contributed by atoms with Crippen molar-refractivity contribution in [1.29, 1.82) is 0 Å². The predicted octanol–water partition coefficient (Wildman–Crippen LogP) is 8.18. The number of amides is 3. The quantitative estimate of drug-likeness (QED) is 0.159. The van der Waals surface area contributed by atoms with Crippen molar-refractivity contribution in [2.75, 3.05) is 23.9 Å². The van der Waals surface area contributed by atoms with E-state index in [1.165, 1.54) is 6.07 Å². The number of hydrogen-bond acceptors (Lipinski definition) is 6. The van der Waals surface area contributed by atoms with Crippen LogP contribution in [-0.4, -0.2) is 58.1 Å². The van der Waals surface area contributed by atoms with E-state index in [2.05, 4.69) is 17.6 Å². The molecule has 8 nitrogen and oxygen atoms in total. The highest BCUT2D eigenvalue weighted by molar-refractivity contribution is 7.98. The number of carbonyl (C=O) groups is 3. The van der Waals surface area contributed by atoms with Gasteiger partial charge in [0, 0.05) is 6.54 Å². The topological polar surface area (TPSA) is 108 Å². The van der Waals surface area contributed by atoms with E-state index in [4.69, 9.17) is 16.3 Å². The summed E-state index contributed by atoms with van der Waals surface area (Å²) in [5.74, 6) is -0.106. The van der Waals surface area contributed by atoms with Gasteiger partial charge in [-0.1, -0.05) is 68.8 Å². The molecule has 10 heteroatoms. The number of unbranched alkanes of at least 4 members (excludes halogenated alkanes) is 5. The SMILES string of the molecule is CCCCCCCCN(C(=O)C(CCSC)NC(=O)OC(C)(C)C)C(C(=O)Nc1c(C)cccc1Cl)c1ccc(O)c(C)c1. The first-order chi connectivity index (χ1) is 20.8. The van der Waals surface area contributed by atoms with Gasteiger partial charge in [0.1, 0.15) is 23.4 Å². The second-order valence-electron chi connectivity index (χ2n) is 12.1. The number of halogens is 1. The Kier molecular flexibility index (Phi) is 15.4. The van der Waals surface area contributed by atoms with Crippen LogP contribution in [0.25, 0.3) is 0 Å². The van der Waals surface area contributed by atoms with Crippen molar-refractivity contribution in [3.63, 3.8) is 0 Å². The van der Waals surface area contributed by atoms with E-state index in [-0.39, 0.29) is 11.7 Å². The number of aromatic hydroxyl groups is 1. The molecule has 0 heterocycles. The Morgan fingerprint density at radius 3 is 2.32 bits per heavy atom. The number of carbonyl (C=O) groups excluding carboxylic acids is 3. The van der Waals surface area contributed by atoms with Crippen LogP contribution in [0.5, 0.6) is 5.75 Å². The molecule has 3 amide bonds. The third kappa shape index (κ3) is 11.9. The summed E-state index contributed by atoms with van der Waals surface area (Å²) in [4.78, 5) is 43.1. The van der Waals surface area contributed by atoms with Crippen LogP contribution in [0.15, 0.2) is 36.4 Å². The summed E-state index contributed by atoms with van der Waals surface area (Å²) in [7, 11) is 0. The number of phenols is 1. The normalized spacial score (nSPS) is 12.7. The van der Waals surface area contributed by atoms with Crippen LogP contribution in [-0.2, 0) is 14.3 Å². The maximum Gasteiger partial charge on any atom is 0.408 e. The molecule has 0 aromatic heterocycles. The molecular weight excluding hydrogens is 598 g/mol. The van der Waals surface area contributed by atoms with Crippen molar-refractivity contribution < 1.29 is 24.2 Å². The van der Waals surface area contributed by atoms with Gasteiger partial charge >= 0.3 is 6.09 Å². The average molecular weight is 648 g/mol. The van der Waals surface area contributed by atoms with Crippen LogP contribution in [0.2, 0.25) is 5.02 Å². The molecule has 0 saturated carbocycles. The van der Waals surface area contributed by atoms with Crippen LogP contribution in [0.3, 0.4) is 0 Å². The van der Waals surface area contributed by atoms with Gasteiger partial charge in [0.25, 0.3) is 5.91 Å². The molecule has 2 aromatic rings. The molecule has 2 rings (SSSR count). The van der Waals surface area contributed by atoms with Crippen LogP contribution < -0.4 is 10.6 Å². The number of nitrogens with one attached hydrogen (secondary N) is 2. The van der Waals surface area contributed by atoms with Gasteiger partial charge in [0.15, 0.2) is 0 Å². The van der Waals surface area contributed by atoms with Gasteiger partial charge in [-0.3, -0.25) is 9.59 Å². The zero-order valence-electron chi connectivity index (χ0n) is 27.3. The van der Waals surface area contributed by atoms with E-state index in [0.717, 1.165) is 37.7 Å². The van der Waals surface area contributed by atoms with Crippen molar-refractivity contribution in [1.82, 2.24) is 10.2 Å². The molecule has 0 aliphatic rings. The van der Waals surface area contributed by atoms with E-state index in [0.29, 0.717) is 47.0 Å². The highest BCUT2D eigenvalue weighted by Crippen LogP contribution is 2.31. The summed E-state index contributed by atoms with van der Waals surface area (Å²) < 4.78 is 5.49. The molecule has 0 bridgehead atoms. The lowest BCUT2D eigenvalue weighted by molar-refractivity contribution is -0.141. The molecule has 0 radical (unpaired) electrons. The standard InChI is InChI=1S/C34H50ClN3O5S/c1-8-9-10-11-12-13-20-38(32(41)27(19-21-44-7)36-33(42)43-34(4,5)6)30(25-17-18-28(39)24(3)22-25)31(40)37-29-23(2)15-14-16-26(29)35/h14-18,22,27,30,39H,8-13,19-21H2,1-7H3,(H,36,42)(H,37,40). The Morgan fingerprint density at radius 1 is 1.02 bits per heavy atom. The lowest BCUT2D eigenvalue weighted by Crippen LogP contribution is -2.52. The van der Waals surface area contributed by atoms with E-state index in [1.807, 2.05) is 19.2 Å². The molecule has 0 aliphatic heterocycles. The van der Waals surface area contributed by atoms with E-state index >= 15 is 0 Å². The number of rotatable bonds is 16. The summed E-state index contributed by atoms with van der Waals surface area (Å²) in [6, 6.07) is 8.31. The highest BCUT2D eigenvalue weighted by atomic mass is 35.5. The van der Waals surface area contributed by atoms with E-state index in [1.54, 1.807) is 68.6 Å². The molecule has 0 fully saturated rings. The van der Waals surface area contributed by atoms with Crippen molar-refractivity contribution in [3.05, 3.63) is 58.1 Å². The first-order valence-electron chi connectivity index (χ1n) is 15.4. The Bertz CT molecular complexity index is 1230. The third-order valence-corrected chi connectivity index (χ3v) is 8.16. The summed E-state index contributed by atoms with van der Waals surface area (Å²) in [5, 5.41) is 16.4. The molecule has 244 valence electrons. The van der Waals surface area contributed by atoms with Crippen LogP contribution in [0, 0.1) is 13.8 Å². The molecule has 3 N–H and O–H groups in total. The van der Waals surface area contributed by atoms with E-state index < -0.39 is 29.7 Å². The number of nitrogens with zero attached hydrogens (tertiary/aromatic N) is 1. The summed E-state index contributed by atoms with van der Waals surface area (Å²) in [6.45, 7) is 11.4. The van der Waals surface area contributed by atoms with Crippen molar-refractivity contribution >= 4 is 47.0 Å². The predicted molar refractivity (Wildman–Crippen MR) is 182 cm³/mol. The zero-order valence-corrected chi connectivity index (χ0v) is 28.9. The zero-order chi connectivity index (χ0) is 32.9. The fourth-order valence-corrected chi connectivity index (χ4v) is 5.62. The fourth-order valence-electron chi connectivity index (χ4n) is 4.88. The number of benzene rings is 2. The molecule has 0 aliphatic carbocycles. The third-order valence-electron chi connectivity index (χ3n) is 7.20. The fraction of sp³-hybridized carbons (Fsp3) is 0.559. The number of phenolic OH excluding ortho intramolecular Hbond substituents is 1. The second kappa shape index (κ2) is 18.2. The molecule has 2 atom stereocenters. The largest absolute Gasteiger partial charge is 0.508 e. The smallest absolute Gasteiger partial charge is 0.408 e. The molecule has 2 unspecified atom stereocenters. The molecule has 2 aromatic carbocycles. The number of ether oxygens (including phenoxy) is 1. The van der Waals surface area contributed by atoms with E-state index in [9.17, 15) is 19.5 Å². The van der Waals surface area contributed by atoms with Gasteiger partial charge in [-0.2, -0.15) is 11.8 Å². The lowest BCUT2D eigenvalue weighted by atomic mass is 9.99. The minimum Gasteiger partial charge on any atom is -0.508 e. The van der Waals surface area contributed by atoms with Gasteiger partial charge < -0.3 is 25.4 Å². The minimum absolute atomic E-state index is 0.0908. The average Bonchev–Trinajstić information content (AvgIpc) is 2.94. The lowest BCUT2D eigenvalue weighted by Gasteiger charge is -2.35. The first-order valence-corrected chi connectivity index (χ1v) is 17.2. The van der Waals surface area contributed by atoms with Gasteiger partial charge in [0.05, 0.1) is 10.7 Å². The molecule has 44 heavy (non-hydrogen) atoms. The first kappa shape index (κ1) is 37.3. The van der Waals surface area contributed by atoms with Crippen molar-refractivity contribution in [2.45, 2.75) is 104 Å². The monoisotopic (exact) mass is 647 g/mol. The number of para-hydroxylation sites is 1. The van der Waals surface area contributed by atoms with Crippen LogP contribution >= 0.6 is 23.4 Å². The molecule has 0 spiro atoms. The van der Waals surface area contributed by atoms with Crippen LogP contribution in [0.1, 0.15) is 95.4 Å². The second-order valence-corrected chi connectivity index (χ2v) is 13.5. The van der Waals surface area contributed by atoms with Crippen molar-refractivity contribution in [2.24, 2.45) is 0 Å². The number of anilines is 1. The number of hydrogen-bond donors (Lipinski definition) is 3. The van der Waals surface area contributed by atoms with Crippen molar-refractivity contribution in [3.8, 4) is 5.75 Å².